The fraction of sp³-hybridized carbons (Fsp3) is 0.929. The van der Waals surface area contributed by atoms with Gasteiger partial charge in [0.25, 0.3) is 10.2 Å². The van der Waals surface area contributed by atoms with E-state index in [9.17, 15) is 13.2 Å². The summed E-state index contributed by atoms with van der Waals surface area (Å²) in [7, 11) is -3.64. The summed E-state index contributed by atoms with van der Waals surface area (Å²) in [6.07, 6.45) is 1.03. The van der Waals surface area contributed by atoms with Crippen molar-refractivity contribution < 1.29 is 17.9 Å². The fourth-order valence-corrected chi connectivity index (χ4v) is 4.79. The van der Waals surface area contributed by atoms with Gasteiger partial charge in [0.1, 0.15) is 6.54 Å². The van der Waals surface area contributed by atoms with Crippen LogP contribution in [0.25, 0.3) is 0 Å². The second kappa shape index (κ2) is 7.56. The van der Waals surface area contributed by atoms with Crippen LogP contribution in [0.5, 0.6) is 0 Å². The third-order valence-corrected chi connectivity index (χ3v) is 5.72. The summed E-state index contributed by atoms with van der Waals surface area (Å²) < 4.78 is 33.2. The van der Waals surface area contributed by atoms with Crippen molar-refractivity contribution in [1.82, 2.24) is 8.61 Å². The summed E-state index contributed by atoms with van der Waals surface area (Å²) in [6.45, 7) is 10.4. The molecule has 2 atom stereocenters. The van der Waals surface area contributed by atoms with Crippen LogP contribution in [0.1, 0.15) is 41.0 Å². The zero-order valence-corrected chi connectivity index (χ0v) is 14.5. The molecular weight excluding hydrogens is 292 g/mol. The minimum Gasteiger partial charge on any atom is -0.465 e. The first kappa shape index (κ1) is 18.4. The highest BCUT2D eigenvalue weighted by atomic mass is 32.2. The zero-order valence-electron chi connectivity index (χ0n) is 13.7. The number of carbonyl (C=O) groups is 1. The topological polar surface area (TPSA) is 66.9 Å². The standard InChI is InChI=1S/C14H28N2O4S/c1-6-20-14(17)10-16(11(2)3)21(18,19)15-8-12(4)7-13(5)9-15/h11-13H,6-10H2,1-5H3. The number of carbonyl (C=O) groups excluding carboxylic acids is 1. The molecule has 1 aliphatic heterocycles. The zero-order chi connectivity index (χ0) is 16.2. The van der Waals surface area contributed by atoms with Gasteiger partial charge in [-0.05, 0) is 39.0 Å². The lowest BCUT2D eigenvalue weighted by atomic mass is 9.94. The first-order valence-electron chi connectivity index (χ1n) is 7.61. The van der Waals surface area contributed by atoms with E-state index >= 15 is 0 Å². The van der Waals surface area contributed by atoms with Crippen LogP contribution in [-0.4, -0.2) is 55.3 Å². The van der Waals surface area contributed by atoms with E-state index < -0.39 is 16.2 Å². The van der Waals surface area contributed by atoms with Gasteiger partial charge in [0.2, 0.25) is 0 Å². The molecule has 1 aliphatic rings. The lowest BCUT2D eigenvalue weighted by molar-refractivity contribution is -0.143. The number of hydrogen-bond acceptors (Lipinski definition) is 4. The van der Waals surface area contributed by atoms with Crippen LogP contribution in [0, 0.1) is 11.8 Å². The van der Waals surface area contributed by atoms with Crippen LogP contribution < -0.4 is 0 Å². The average molecular weight is 320 g/mol. The molecule has 0 aliphatic carbocycles. The van der Waals surface area contributed by atoms with Crippen LogP contribution in [0.4, 0.5) is 0 Å². The molecule has 0 spiro atoms. The Hall–Kier alpha value is -0.660. The molecule has 0 aromatic heterocycles. The van der Waals surface area contributed by atoms with Gasteiger partial charge in [-0.15, -0.1) is 0 Å². The van der Waals surface area contributed by atoms with E-state index in [2.05, 4.69) is 13.8 Å². The molecule has 1 saturated heterocycles. The van der Waals surface area contributed by atoms with Crippen LogP contribution in [0.3, 0.4) is 0 Å². The average Bonchev–Trinajstić information content (AvgIpc) is 2.34. The first-order valence-corrected chi connectivity index (χ1v) is 9.00. The normalized spacial score (nSPS) is 24.5. The van der Waals surface area contributed by atoms with Crippen molar-refractivity contribution in [3.05, 3.63) is 0 Å². The predicted molar refractivity (Wildman–Crippen MR) is 81.9 cm³/mol. The smallest absolute Gasteiger partial charge is 0.321 e. The molecule has 7 heteroatoms. The predicted octanol–water partition coefficient (Wildman–Crippen LogP) is 1.48. The highest BCUT2D eigenvalue weighted by Crippen LogP contribution is 2.25. The molecule has 2 unspecified atom stereocenters. The van der Waals surface area contributed by atoms with Gasteiger partial charge in [-0.2, -0.15) is 17.0 Å². The van der Waals surface area contributed by atoms with Crippen molar-refractivity contribution in [2.24, 2.45) is 11.8 Å². The largest absolute Gasteiger partial charge is 0.465 e. The van der Waals surface area contributed by atoms with E-state index in [0.717, 1.165) is 6.42 Å². The second-order valence-electron chi connectivity index (χ2n) is 6.21. The Balaban J connectivity index is 2.91. The summed E-state index contributed by atoms with van der Waals surface area (Å²) in [5.41, 5.74) is 0. The Morgan fingerprint density at radius 3 is 2.24 bits per heavy atom. The lowest BCUT2D eigenvalue weighted by Gasteiger charge is -2.38. The third kappa shape index (κ3) is 4.93. The number of piperidine rings is 1. The summed E-state index contributed by atoms with van der Waals surface area (Å²) in [5, 5.41) is 0. The Bertz CT molecular complexity index is 440. The molecule has 0 saturated carbocycles. The lowest BCUT2D eigenvalue weighted by Crippen LogP contribution is -2.52. The Morgan fingerprint density at radius 1 is 1.29 bits per heavy atom. The molecule has 0 bridgehead atoms. The maximum atomic E-state index is 12.8. The second-order valence-corrected chi connectivity index (χ2v) is 8.10. The molecule has 0 N–H and O–H groups in total. The number of rotatable bonds is 6. The molecule has 6 nitrogen and oxygen atoms in total. The molecular formula is C14H28N2O4S. The molecule has 0 aromatic carbocycles. The number of hydrogen-bond donors (Lipinski definition) is 0. The maximum absolute atomic E-state index is 12.8. The van der Waals surface area contributed by atoms with Gasteiger partial charge in [-0.3, -0.25) is 4.79 Å². The molecule has 1 rings (SSSR count). The van der Waals surface area contributed by atoms with E-state index in [1.165, 1.54) is 8.61 Å². The van der Waals surface area contributed by atoms with Crippen LogP contribution >= 0.6 is 0 Å². The molecule has 124 valence electrons. The summed E-state index contributed by atoms with van der Waals surface area (Å²) in [5.74, 6) is 0.160. The number of nitrogens with zero attached hydrogens (tertiary/aromatic N) is 2. The summed E-state index contributed by atoms with van der Waals surface area (Å²) in [6, 6.07) is -0.285. The molecule has 0 aromatic rings. The quantitative estimate of drug-likeness (QED) is 0.695. The molecule has 21 heavy (non-hydrogen) atoms. The van der Waals surface area contributed by atoms with Gasteiger partial charge in [-0.25, -0.2) is 0 Å². The number of ether oxygens (including phenoxy) is 1. The fourth-order valence-electron chi connectivity index (χ4n) is 2.81. The van der Waals surface area contributed by atoms with E-state index in [-0.39, 0.29) is 19.2 Å². The van der Waals surface area contributed by atoms with Crippen LogP contribution in [0.2, 0.25) is 0 Å². The van der Waals surface area contributed by atoms with Gasteiger partial charge in [0.15, 0.2) is 0 Å². The summed E-state index contributed by atoms with van der Waals surface area (Å²) >= 11 is 0. The van der Waals surface area contributed by atoms with Gasteiger partial charge < -0.3 is 4.74 Å². The molecule has 0 amide bonds. The van der Waals surface area contributed by atoms with Gasteiger partial charge in [-0.1, -0.05) is 13.8 Å². The summed E-state index contributed by atoms with van der Waals surface area (Å²) in [4.78, 5) is 11.7. The van der Waals surface area contributed by atoms with Crippen LogP contribution in [0.15, 0.2) is 0 Å². The Morgan fingerprint density at radius 2 is 1.81 bits per heavy atom. The van der Waals surface area contributed by atoms with Gasteiger partial charge in [0.05, 0.1) is 6.61 Å². The molecule has 0 radical (unpaired) electrons. The highest BCUT2D eigenvalue weighted by molar-refractivity contribution is 7.86. The SMILES string of the molecule is CCOC(=O)CN(C(C)C)S(=O)(=O)N1CC(C)CC(C)C1. The van der Waals surface area contributed by atoms with E-state index in [4.69, 9.17) is 4.74 Å². The molecule has 1 heterocycles. The minimum absolute atomic E-state index is 0.229. The Kier molecular flexibility index (Phi) is 6.62. The molecule has 1 fully saturated rings. The van der Waals surface area contributed by atoms with E-state index in [1.54, 1.807) is 20.8 Å². The minimum atomic E-state index is -3.64. The van der Waals surface area contributed by atoms with Crippen molar-refractivity contribution in [3.63, 3.8) is 0 Å². The van der Waals surface area contributed by atoms with Crippen molar-refractivity contribution in [1.29, 1.82) is 0 Å². The Labute approximate surface area is 128 Å². The van der Waals surface area contributed by atoms with E-state index in [1.807, 2.05) is 0 Å². The van der Waals surface area contributed by atoms with Gasteiger partial charge in [0, 0.05) is 19.1 Å². The van der Waals surface area contributed by atoms with Crippen molar-refractivity contribution in [3.8, 4) is 0 Å². The van der Waals surface area contributed by atoms with Gasteiger partial charge >= 0.3 is 5.97 Å². The first-order chi connectivity index (χ1) is 9.68. The number of esters is 1. The third-order valence-electron chi connectivity index (χ3n) is 3.62. The van der Waals surface area contributed by atoms with E-state index in [0.29, 0.717) is 24.9 Å². The van der Waals surface area contributed by atoms with Crippen LogP contribution in [-0.2, 0) is 19.7 Å². The van der Waals surface area contributed by atoms with Crippen molar-refractivity contribution in [2.75, 3.05) is 26.2 Å². The maximum Gasteiger partial charge on any atom is 0.321 e. The highest BCUT2D eigenvalue weighted by Gasteiger charge is 2.37. The van der Waals surface area contributed by atoms with Crippen molar-refractivity contribution >= 4 is 16.2 Å². The van der Waals surface area contributed by atoms with Crippen molar-refractivity contribution in [2.45, 2.75) is 47.1 Å². The monoisotopic (exact) mass is 320 g/mol.